The molecule has 0 fully saturated rings. The number of hydrogen-bond acceptors (Lipinski definition) is 4. The molecule has 0 aromatic heterocycles. The second-order valence-corrected chi connectivity index (χ2v) is 3.55. The summed E-state index contributed by atoms with van der Waals surface area (Å²) in [5.74, 6) is -0.294. The summed E-state index contributed by atoms with van der Waals surface area (Å²) in [5.41, 5.74) is 0. The average molecular weight is 231 g/mol. The Morgan fingerprint density at radius 1 is 1.12 bits per heavy atom. The second-order valence-electron chi connectivity index (χ2n) is 3.55. The van der Waals surface area contributed by atoms with Crippen LogP contribution in [0.25, 0.3) is 0 Å². The van der Waals surface area contributed by atoms with Crippen molar-refractivity contribution in [2.45, 2.75) is 45.4 Å². The fourth-order valence-corrected chi connectivity index (χ4v) is 1.21. The van der Waals surface area contributed by atoms with E-state index < -0.39 is 6.09 Å². The van der Waals surface area contributed by atoms with Crippen molar-refractivity contribution >= 4 is 12.0 Å². The monoisotopic (exact) mass is 231 g/mol. The molecule has 0 atom stereocenters. The Kier molecular flexibility index (Phi) is 9.70. The number of nitrogens with one attached hydrogen (secondary N) is 1. The van der Waals surface area contributed by atoms with E-state index in [1.807, 2.05) is 0 Å². The van der Waals surface area contributed by atoms with Crippen LogP contribution in [-0.4, -0.2) is 25.9 Å². The first kappa shape index (κ1) is 14.9. The highest BCUT2D eigenvalue weighted by atomic mass is 16.7. The van der Waals surface area contributed by atoms with Gasteiger partial charge in [0.15, 0.2) is 6.79 Å². The molecule has 0 aliphatic rings. The molecule has 0 aromatic carbocycles. The third-order valence-electron chi connectivity index (χ3n) is 2.06. The Labute approximate surface area is 96.5 Å². The Hall–Kier alpha value is -1.10. The molecular formula is C11H21NO4. The van der Waals surface area contributed by atoms with Crippen LogP contribution in [0.1, 0.15) is 45.4 Å². The van der Waals surface area contributed by atoms with E-state index in [1.54, 1.807) is 0 Å². The van der Waals surface area contributed by atoms with Crippen molar-refractivity contribution in [3.05, 3.63) is 0 Å². The van der Waals surface area contributed by atoms with Gasteiger partial charge in [-0.15, -0.1) is 0 Å². The van der Waals surface area contributed by atoms with Gasteiger partial charge in [-0.2, -0.15) is 0 Å². The number of alkyl carbamates (subject to hydrolysis) is 1. The van der Waals surface area contributed by atoms with Gasteiger partial charge in [-0.3, -0.25) is 10.1 Å². The molecule has 0 radical (unpaired) electrons. The number of carbonyl (C=O) groups is 2. The fraction of sp³-hybridized carbons (Fsp3) is 0.818. The Morgan fingerprint density at radius 2 is 1.81 bits per heavy atom. The number of carbonyl (C=O) groups excluding carboxylic acids is 2. The van der Waals surface area contributed by atoms with Crippen molar-refractivity contribution in [3.8, 4) is 0 Å². The fourth-order valence-electron chi connectivity index (χ4n) is 1.21. The minimum atomic E-state index is -0.750. The summed E-state index contributed by atoms with van der Waals surface area (Å²) >= 11 is 0. The molecule has 0 saturated heterocycles. The van der Waals surface area contributed by atoms with Crippen LogP contribution in [0.2, 0.25) is 0 Å². The molecule has 0 aliphatic heterocycles. The summed E-state index contributed by atoms with van der Waals surface area (Å²) in [7, 11) is 1.41. The third-order valence-corrected chi connectivity index (χ3v) is 2.06. The lowest BCUT2D eigenvalue weighted by Gasteiger charge is -2.04. The van der Waals surface area contributed by atoms with E-state index in [2.05, 4.69) is 21.7 Å². The third kappa shape index (κ3) is 9.45. The highest BCUT2D eigenvalue weighted by molar-refractivity contribution is 5.91. The Morgan fingerprint density at radius 3 is 2.44 bits per heavy atom. The van der Waals surface area contributed by atoms with Gasteiger partial charge >= 0.3 is 6.09 Å². The maximum atomic E-state index is 11.2. The van der Waals surface area contributed by atoms with Crippen molar-refractivity contribution in [1.29, 1.82) is 0 Å². The predicted octanol–water partition coefficient (Wildman–Crippen LogP) is 2.20. The molecule has 94 valence electrons. The summed E-state index contributed by atoms with van der Waals surface area (Å²) in [6, 6.07) is 0. The van der Waals surface area contributed by atoms with Crippen LogP contribution >= 0.6 is 0 Å². The van der Waals surface area contributed by atoms with Gasteiger partial charge in [0.25, 0.3) is 0 Å². The largest absolute Gasteiger partial charge is 0.422 e. The van der Waals surface area contributed by atoms with Crippen LogP contribution < -0.4 is 5.32 Å². The number of methoxy groups -OCH3 is 1. The van der Waals surface area contributed by atoms with Crippen molar-refractivity contribution < 1.29 is 19.1 Å². The standard InChI is InChI=1S/C11H21NO4/c1-3-4-5-6-7-8-10(13)12-11(14)16-9-15-2/h3-9H2,1-2H3,(H,12,13,14). The molecule has 0 spiro atoms. The molecule has 5 nitrogen and oxygen atoms in total. The summed E-state index contributed by atoms with van der Waals surface area (Å²) in [5, 5.41) is 2.13. The summed E-state index contributed by atoms with van der Waals surface area (Å²) in [4.78, 5) is 22.1. The zero-order chi connectivity index (χ0) is 12.2. The van der Waals surface area contributed by atoms with Crippen LogP contribution in [0.15, 0.2) is 0 Å². The smallest absolute Gasteiger partial charge is 0.415 e. The van der Waals surface area contributed by atoms with Crippen LogP contribution in [-0.2, 0) is 14.3 Å². The van der Waals surface area contributed by atoms with Crippen LogP contribution in [0.3, 0.4) is 0 Å². The van der Waals surface area contributed by atoms with Crippen LogP contribution in [0.4, 0.5) is 4.79 Å². The minimum Gasteiger partial charge on any atom is -0.422 e. The van der Waals surface area contributed by atoms with Gasteiger partial charge in [0.1, 0.15) is 0 Å². The number of ether oxygens (including phenoxy) is 2. The topological polar surface area (TPSA) is 64.6 Å². The zero-order valence-corrected chi connectivity index (χ0v) is 10.1. The summed E-state index contributed by atoms with van der Waals surface area (Å²) in [6.45, 7) is 1.99. The molecule has 0 unspecified atom stereocenters. The van der Waals surface area contributed by atoms with E-state index in [-0.39, 0.29) is 12.7 Å². The SMILES string of the molecule is CCCCCCCC(=O)NC(=O)OCOC. The Bertz CT molecular complexity index is 206. The normalized spacial score (nSPS) is 9.88. The molecular weight excluding hydrogens is 210 g/mol. The molecule has 0 heterocycles. The summed E-state index contributed by atoms with van der Waals surface area (Å²) < 4.78 is 9.04. The van der Waals surface area contributed by atoms with Crippen molar-refractivity contribution in [2.75, 3.05) is 13.9 Å². The number of amides is 2. The zero-order valence-electron chi connectivity index (χ0n) is 10.1. The number of rotatable bonds is 8. The van der Waals surface area contributed by atoms with Crippen LogP contribution in [0.5, 0.6) is 0 Å². The van der Waals surface area contributed by atoms with E-state index in [0.29, 0.717) is 6.42 Å². The molecule has 16 heavy (non-hydrogen) atoms. The van der Waals surface area contributed by atoms with Crippen molar-refractivity contribution in [1.82, 2.24) is 5.32 Å². The van der Waals surface area contributed by atoms with Gasteiger partial charge in [0.2, 0.25) is 5.91 Å². The first-order valence-electron chi connectivity index (χ1n) is 5.66. The lowest BCUT2D eigenvalue weighted by molar-refractivity contribution is -0.120. The van der Waals surface area contributed by atoms with Gasteiger partial charge < -0.3 is 9.47 Å². The number of imide groups is 1. The van der Waals surface area contributed by atoms with Gasteiger partial charge in [-0.25, -0.2) is 4.79 Å². The van der Waals surface area contributed by atoms with Crippen LogP contribution in [0, 0.1) is 0 Å². The second kappa shape index (κ2) is 10.4. The minimum absolute atomic E-state index is 0.143. The van der Waals surface area contributed by atoms with E-state index in [1.165, 1.54) is 20.0 Å². The lowest BCUT2D eigenvalue weighted by atomic mass is 10.1. The quantitative estimate of drug-likeness (QED) is 0.514. The summed E-state index contributed by atoms with van der Waals surface area (Å²) in [6.07, 6.45) is 4.95. The molecule has 2 amide bonds. The maximum absolute atomic E-state index is 11.2. The van der Waals surface area contributed by atoms with Gasteiger partial charge in [0, 0.05) is 13.5 Å². The van der Waals surface area contributed by atoms with Gasteiger partial charge in [0.05, 0.1) is 0 Å². The lowest BCUT2D eigenvalue weighted by Crippen LogP contribution is -2.31. The van der Waals surface area contributed by atoms with Crippen molar-refractivity contribution in [2.24, 2.45) is 0 Å². The van der Waals surface area contributed by atoms with E-state index in [4.69, 9.17) is 0 Å². The average Bonchev–Trinajstić information content (AvgIpc) is 2.26. The highest BCUT2D eigenvalue weighted by Gasteiger charge is 2.07. The van der Waals surface area contributed by atoms with Gasteiger partial charge in [-0.05, 0) is 6.42 Å². The number of hydrogen-bond donors (Lipinski definition) is 1. The molecule has 0 aromatic rings. The maximum Gasteiger partial charge on any atom is 0.415 e. The molecule has 0 rings (SSSR count). The first-order valence-corrected chi connectivity index (χ1v) is 5.66. The van der Waals surface area contributed by atoms with E-state index in [9.17, 15) is 9.59 Å². The van der Waals surface area contributed by atoms with Gasteiger partial charge in [-0.1, -0.05) is 32.6 Å². The van der Waals surface area contributed by atoms with Crippen molar-refractivity contribution in [3.63, 3.8) is 0 Å². The van der Waals surface area contributed by atoms with E-state index in [0.717, 1.165) is 19.3 Å². The predicted molar refractivity (Wildman–Crippen MR) is 59.9 cm³/mol. The molecule has 0 bridgehead atoms. The molecule has 0 saturated carbocycles. The molecule has 5 heteroatoms. The number of unbranched alkanes of at least 4 members (excludes halogenated alkanes) is 4. The highest BCUT2D eigenvalue weighted by Crippen LogP contribution is 2.04. The van der Waals surface area contributed by atoms with E-state index >= 15 is 0 Å². The Balaban J connectivity index is 3.40. The molecule has 1 N–H and O–H groups in total. The molecule has 0 aliphatic carbocycles. The first-order chi connectivity index (χ1) is 7.70.